The second-order valence-electron chi connectivity index (χ2n) is 4.36. The third-order valence-electron chi connectivity index (χ3n) is 2.44. The highest BCUT2D eigenvalue weighted by Crippen LogP contribution is 2.15. The Labute approximate surface area is 103 Å². The predicted molar refractivity (Wildman–Crippen MR) is 69.2 cm³/mol. The van der Waals surface area contributed by atoms with Crippen LogP contribution in [0.3, 0.4) is 0 Å². The van der Waals surface area contributed by atoms with Gasteiger partial charge in [0.05, 0.1) is 0 Å². The van der Waals surface area contributed by atoms with Gasteiger partial charge in [-0.3, -0.25) is 0 Å². The Hall–Kier alpha value is -0.830. The highest BCUT2D eigenvalue weighted by atomic mass is 35.5. The summed E-state index contributed by atoms with van der Waals surface area (Å²) in [6.45, 7) is 6.40. The lowest BCUT2D eigenvalue weighted by atomic mass is 10.1. The molecule has 1 N–H and O–H groups in total. The van der Waals surface area contributed by atoms with Crippen molar-refractivity contribution in [3.63, 3.8) is 0 Å². The van der Waals surface area contributed by atoms with Gasteiger partial charge in [-0.1, -0.05) is 13.8 Å². The zero-order valence-electron chi connectivity index (χ0n) is 10.2. The molecular weight excluding hydrogens is 222 g/mol. The molecule has 1 unspecified atom stereocenters. The van der Waals surface area contributed by atoms with E-state index in [9.17, 15) is 0 Å². The predicted octanol–water partition coefficient (Wildman–Crippen LogP) is 3.42. The van der Waals surface area contributed by atoms with E-state index in [1.165, 1.54) is 0 Å². The monoisotopic (exact) mass is 241 g/mol. The molecule has 0 saturated carbocycles. The molecule has 90 valence electrons. The van der Waals surface area contributed by atoms with Crippen molar-refractivity contribution in [1.29, 1.82) is 0 Å². The molecule has 3 nitrogen and oxygen atoms in total. The van der Waals surface area contributed by atoms with E-state index >= 15 is 0 Å². The molecule has 1 heterocycles. The normalized spacial score (nSPS) is 12.8. The maximum Gasteiger partial charge on any atom is 0.129 e. The summed E-state index contributed by atoms with van der Waals surface area (Å²) in [5.74, 6) is 2.05. The fourth-order valence-electron chi connectivity index (χ4n) is 1.47. The average Bonchev–Trinajstić information content (AvgIpc) is 2.26. The third kappa shape index (κ3) is 4.35. The van der Waals surface area contributed by atoms with Crippen LogP contribution in [0.2, 0.25) is 0 Å². The highest BCUT2D eigenvalue weighted by Gasteiger charge is 2.05. The van der Waals surface area contributed by atoms with Gasteiger partial charge in [0.1, 0.15) is 12.1 Å². The highest BCUT2D eigenvalue weighted by molar-refractivity contribution is 6.17. The van der Waals surface area contributed by atoms with Crippen LogP contribution in [0.25, 0.3) is 0 Å². The lowest BCUT2D eigenvalue weighted by Crippen LogP contribution is -2.16. The maximum atomic E-state index is 5.66. The summed E-state index contributed by atoms with van der Waals surface area (Å²) in [5, 5.41) is 3.36. The van der Waals surface area contributed by atoms with Crippen molar-refractivity contribution >= 4 is 17.4 Å². The average molecular weight is 242 g/mol. The van der Waals surface area contributed by atoms with Crippen LogP contribution in [0, 0.1) is 0 Å². The van der Waals surface area contributed by atoms with Gasteiger partial charge in [0.2, 0.25) is 0 Å². The second kappa shape index (κ2) is 6.69. The molecule has 0 aliphatic rings. The minimum absolute atomic E-state index is 0.397. The maximum absolute atomic E-state index is 5.66. The summed E-state index contributed by atoms with van der Waals surface area (Å²) in [4.78, 5) is 8.45. The van der Waals surface area contributed by atoms with Crippen molar-refractivity contribution in [2.45, 2.75) is 45.6 Å². The SMILES string of the molecule is CC(CCCCl)Nc1cc(C(C)C)ncn1. The van der Waals surface area contributed by atoms with Gasteiger partial charge in [0, 0.05) is 23.7 Å². The molecule has 0 aliphatic heterocycles. The van der Waals surface area contributed by atoms with Crippen LogP contribution in [0.5, 0.6) is 0 Å². The van der Waals surface area contributed by atoms with E-state index in [1.54, 1.807) is 6.33 Å². The van der Waals surface area contributed by atoms with Crippen molar-refractivity contribution in [3.05, 3.63) is 18.1 Å². The number of hydrogen-bond acceptors (Lipinski definition) is 3. The molecule has 0 aromatic carbocycles. The Kier molecular flexibility index (Phi) is 5.53. The lowest BCUT2D eigenvalue weighted by Gasteiger charge is -2.14. The van der Waals surface area contributed by atoms with E-state index in [4.69, 9.17) is 11.6 Å². The standard InChI is InChI=1S/C12H20ClN3/c1-9(2)11-7-12(15-8-14-11)16-10(3)5-4-6-13/h7-10H,4-6H2,1-3H3,(H,14,15,16). The van der Waals surface area contributed by atoms with Crippen molar-refractivity contribution < 1.29 is 0 Å². The van der Waals surface area contributed by atoms with Crippen molar-refractivity contribution in [2.24, 2.45) is 0 Å². The number of rotatable bonds is 6. The minimum atomic E-state index is 0.397. The molecule has 0 amide bonds. The van der Waals surface area contributed by atoms with E-state index in [-0.39, 0.29) is 0 Å². The van der Waals surface area contributed by atoms with Crippen LogP contribution < -0.4 is 5.32 Å². The van der Waals surface area contributed by atoms with Crippen molar-refractivity contribution in [3.8, 4) is 0 Å². The second-order valence-corrected chi connectivity index (χ2v) is 4.74. The van der Waals surface area contributed by atoms with Crippen LogP contribution in [-0.2, 0) is 0 Å². The van der Waals surface area contributed by atoms with E-state index in [2.05, 4.69) is 36.1 Å². The molecule has 1 atom stereocenters. The molecule has 16 heavy (non-hydrogen) atoms. The lowest BCUT2D eigenvalue weighted by molar-refractivity contribution is 0.688. The summed E-state index contributed by atoms with van der Waals surface area (Å²) < 4.78 is 0. The zero-order valence-corrected chi connectivity index (χ0v) is 11.0. The van der Waals surface area contributed by atoms with Crippen LogP contribution in [0.4, 0.5) is 5.82 Å². The van der Waals surface area contributed by atoms with Crippen LogP contribution in [0.15, 0.2) is 12.4 Å². The Morgan fingerprint density at radius 3 is 2.69 bits per heavy atom. The van der Waals surface area contributed by atoms with Gasteiger partial charge >= 0.3 is 0 Å². The van der Waals surface area contributed by atoms with Gasteiger partial charge in [0.15, 0.2) is 0 Å². The van der Waals surface area contributed by atoms with Gasteiger partial charge in [-0.15, -0.1) is 11.6 Å². The van der Waals surface area contributed by atoms with E-state index < -0.39 is 0 Å². The van der Waals surface area contributed by atoms with Crippen molar-refractivity contribution in [2.75, 3.05) is 11.2 Å². The molecule has 0 radical (unpaired) electrons. The summed E-state index contributed by atoms with van der Waals surface area (Å²) >= 11 is 5.66. The van der Waals surface area contributed by atoms with E-state index in [1.807, 2.05) is 6.07 Å². The summed E-state index contributed by atoms with van der Waals surface area (Å²) in [6.07, 6.45) is 3.70. The largest absolute Gasteiger partial charge is 0.368 e. The Morgan fingerprint density at radius 1 is 1.31 bits per heavy atom. The number of aromatic nitrogens is 2. The fraction of sp³-hybridized carbons (Fsp3) is 0.667. The summed E-state index contributed by atoms with van der Waals surface area (Å²) in [6, 6.07) is 2.41. The van der Waals surface area contributed by atoms with E-state index in [0.29, 0.717) is 17.8 Å². The molecule has 1 rings (SSSR count). The Balaban J connectivity index is 2.56. The first-order valence-corrected chi connectivity index (χ1v) is 6.31. The topological polar surface area (TPSA) is 37.8 Å². The van der Waals surface area contributed by atoms with Gasteiger partial charge in [-0.25, -0.2) is 9.97 Å². The number of nitrogens with one attached hydrogen (secondary N) is 1. The first kappa shape index (κ1) is 13.2. The molecule has 1 aromatic heterocycles. The smallest absolute Gasteiger partial charge is 0.129 e. The molecule has 0 aliphatic carbocycles. The van der Waals surface area contributed by atoms with Crippen molar-refractivity contribution in [1.82, 2.24) is 9.97 Å². The quantitative estimate of drug-likeness (QED) is 0.776. The molecule has 1 aromatic rings. The fourth-order valence-corrected chi connectivity index (χ4v) is 1.63. The molecule has 0 saturated heterocycles. The number of hydrogen-bond donors (Lipinski definition) is 1. The van der Waals surface area contributed by atoms with Crippen LogP contribution in [-0.4, -0.2) is 21.9 Å². The molecule has 4 heteroatoms. The van der Waals surface area contributed by atoms with Gasteiger partial charge in [0.25, 0.3) is 0 Å². The van der Waals surface area contributed by atoms with E-state index in [0.717, 1.165) is 24.4 Å². The number of anilines is 1. The van der Waals surface area contributed by atoms with Crippen LogP contribution >= 0.6 is 11.6 Å². The molecule has 0 spiro atoms. The summed E-state index contributed by atoms with van der Waals surface area (Å²) in [5.41, 5.74) is 1.07. The molecule has 0 fully saturated rings. The Bertz CT molecular complexity index is 315. The first-order valence-electron chi connectivity index (χ1n) is 5.78. The number of nitrogens with zero attached hydrogens (tertiary/aromatic N) is 2. The minimum Gasteiger partial charge on any atom is -0.368 e. The third-order valence-corrected chi connectivity index (χ3v) is 2.71. The number of alkyl halides is 1. The summed E-state index contributed by atoms with van der Waals surface area (Å²) in [7, 11) is 0. The van der Waals surface area contributed by atoms with Gasteiger partial charge in [-0.2, -0.15) is 0 Å². The van der Waals surface area contributed by atoms with Gasteiger partial charge in [-0.05, 0) is 25.7 Å². The molecular formula is C12H20ClN3. The van der Waals surface area contributed by atoms with Gasteiger partial charge < -0.3 is 5.32 Å². The van der Waals surface area contributed by atoms with Crippen LogP contribution in [0.1, 0.15) is 45.2 Å². The zero-order chi connectivity index (χ0) is 12.0. The Morgan fingerprint density at radius 2 is 2.06 bits per heavy atom. The first-order chi connectivity index (χ1) is 7.63. The molecule has 0 bridgehead atoms. The number of halogens is 1.